The van der Waals surface area contributed by atoms with Crippen LogP contribution in [0, 0.1) is 0 Å². The Morgan fingerprint density at radius 2 is 1.72 bits per heavy atom. The Morgan fingerprint density at radius 1 is 1.00 bits per heavy atom. The summed E-state index contributed by atoms with van der Waals surface area (Å²) in [4.78, 5) is 27.9. The van der Waals surface area contributed by atoms with Gasteiger partial charge in [0.05, 0.1) is 19.0 Å². The molecule has 0 spiro atoms. The van der Waals surface area contributed by atoms with Crippen LogP contribution < -0.4 is 4.74 Å². The first kappa shape index (κ1) is 23.9. The van der Waals surface area contributed by atoms with Gasteiger partial charge >= 0.3 is 6.09 Å². The molecule has 0 atom stereocenters. The van der Waals surface area contributed by atoms with Crippen LogP contribution in [0.15, 0.2) is 11.4 Å². The van der Waals surface area contributed by atoms with Crippen molar-refractivity contribution in [3.8, 4) is 17.3 Å². The SMILES string of the molecule is CCOC(=O)N1CCN(C(=O)CSc2nnc(-c3cn(CC)nc3OCC)n2CC)CC1. The third-order valence-electron chi connectivity index (χ3n) is 5.09. The number of thioether (sulfide) groups is 1. The van der Waals surface area contributed by atoms with Crippen LogP contribution in [0.5, 0.6) is 5.88 Å². The molecule has 11 nitrogen and oxygen atoms in total. The molecule has 1 aliphatic heterocycles. The normalized spacial score (nSPS) is 14.0. The van der Waals surface area contributed by atoms with Gasteiger partial charge in [-0.15, -0.1) is 15.3 Å². The number of ether oxygens (including phenoxy) is 2. The molecule has 2 aromatic rings. The quantitative estimate of drug-likeness (QED) is 0.517. The Labute approximate surface area is 192 Å². The zero-order valence-corrected chi connectivity index (χ0v) is 19.9. The fraction of sp³-hybridized carbons (Fsp3) is 0.650. The van der Waals surface area contributed by atoms with Crippen LogP contribution in [0.2, 0.25) is 0 Å². The predicted molar refractivity (Wildman–Crippen MR) is 120 cm³/mol. The number of nitrogens with zero attached hydrogens (tertiary/aromatic N) is 7. The fourth-order valence-electron chi connectivity index (χ4n) is 3.41. The highest BCUT2D eigenvalue weighted by Crippen LogP contribution is 2.30. The van der Waals surface area contributed by atoms with Gasteiger partial charge < -0.3 is 23.8 Å². The molecule has 176 valence electrons. The van der Waals surface area contributed by atoms with Crippen molar-refractivity contribution in [1.82, 2.24) is 34.3 Å². The van der Waals surface area contributed by atoms with Crippen LogP contribution in [0.3, 0.4) is 0 Å². The molecule has 32 heavy (non-hydrogen) atoms. The van der Waals surface area contributed by atoms with Gasteiger partial charge in [0.2, 0.25) is 11.8 Å². The maximum atomic E-state index is 12.7. The fourth-order valence-corrected chi connectivity index (χ4v) is 4.32. The Kier molecular flexibility index (Phi) is 8.37. The number of piperazine rings is 1. The molecule has 12 heteroatoms. The molecule has 3 heterocycles. The van der Waals surface area contributed by atoms with Crippen molar-refractivity contribution >= 4 is 23.8 Å². The Bertz CT molecular complexity index is 921. The van der Waals surface area contributed by atoms with E-state index in [1.54, 1.807) is 21.4 Å². The zero-order chi connectivity index (χ0) is 23.1. The Morgan fingerprint density at radius 3 is 2.34 bits per heavy atom. The molecule has 0 unspecified atom stereocenters. The van der Waals surface area contributed by atoms with E-state index < -0.39 is 0 Å². The highest BCUT2D eigenvalue weighted by molar-refractivity contribution is 7.99. The number of hydrogen-bond donors (Lipinski definition) is 0. The van der Waals surface area contributed by atoms with E-state index in [1.807, 2.05) is 31.5 Å². The summed E-state index contributed by atoms with van der Waals surface area (Å²) in [6.45, 7) is 11.9. The Balaban J connectivity index is 1.63. The second kappa shape index (κ2) is 11.2. The van der Waals surface area contributed by atoms with Crippen molar-refractivity contribution < 1.29 is 19.1 Å². The van der Waals surface area contributed by atoms with Crippen molar-refractivity contribution in [2.45, 2.75) is 45.9 Å². The second-order valence-electron chi connectivity index (χ2n) is 7.04. The minimum atomic E-state index is -0.324. The first-order valence-corrected chi connectivity index (χ1v) is 12.0. The number of rotatable bonds is 9. The maximum Gasteiger partial charge on any atom is 0.409 e. The molecule has 2 amide bonds. The smallest absolute Gasteiger partial charge is 0.409 e. The second-order valence-corrected chi connectivity index (χ2v) is 7.99. The van der Waals surface area contributed by atoms with Crippen molar-refractivity contribution in [3.63, 3.8) is 0 Å². The largest absolute Gasteiger partial charge is 0.476 e. The number of amides is 2. The third-order valence-corrected chi connectivity index (χ3v) is 6.04. The van der Waals surface area contributed by atoms with E-state index in [0.29, 0.717) is 62.8 Å². The van der Waals surface area contributed by atoms with E-state index in [4.69, 9.17) is 9.47 Å². The highest BCUT2D eigenvalue weighted by Gasteiger charge is 2.26. The predicted octanol–water partition coefficient (Wildman–Crippen LogP) is 1.97. The van der Waals surface area contributed by atoms with Gasteiger partial charge in [-0.3, -0.25) is 9.48 Å². The van der Waals surface area contributed by atoms with Crippen LogP contribution in [0.25, 0.3) is 11.4 Å². The zero-order valence-electron chi connectivity index (χ0n) is 19.1. The summed E-state index contributed by atoms with van der Waals surface area (Å²) < 4.78 is 14.5. The molecule has 0 radical (unpaired) electrons. The summed E-state index contributed by atoms with van der Waals surface area (Å²) in [6, 6.07) is 0. The molecular formula is C20H31N7O4S. The molecule has 0 bridgehead atoms. The number of hydrogen-bond acceptors (Lipinski definition) is 8. The minimum absolute atomic E-state index is 0.0134. The molecule has 3 rings (SSSR count). The van der Waals surface area contributed by atoms with Gasteiger partial charge in [-0.05, 0) is 27.7 Å². The number of aryl methyl sites for hydroxylation is 1. The lowest BCUT2D eigenvalue weighted by Crippen LogP contribution is -2.51. The van der Waals surface area contributed by atoms with Crippen LogP contribution >= 0.6 is 11.8 Å². The molecule has 1 saturated heterocycles. The lowest BCUT2D eigenvalue weighted by Gasteiger charge is -2.34. The maximum absolute atomic E-state index is 12.7. The van der Waals surface area contributed by atoms with Crippen LogP contribution in [-0.2, 0) is 22.6 Å². The summed E-state index contributed by atoms with van der Waals surface area (Å²) in [5.74, 6) is 1.47. The van der Waals surface area contributed by atoms with Crippen LogP contribution in [-0.4, -0.2) is 91.5 Å². The third kappa shape index (κ3) is 5.34. The van der Waals surface area contributed by atoms with Gasteiger partial charge in [-0.1, -0.05) is 11.8 Å². The lowest BCUT2D eigenvalue weighted by atomic mass is 10.3. The molecule has 0 aromatic carbocycles. The number of carbonyl (C=O) groups is 2. The number of carbonyl (C=O) groups excluding carboxylic acids is 2. The molecular weight excluding hydrogens is 434 g/mol. The molecule has 1 aliphatic rings. The minimum Gasteiger partial charge on any atom is -0.476 e. The van der Waals surface area contributed by atoms with E-state index in [2.05, 4.69) is 15.3 Å². The summed E-state index contributed by atoms with van der Waals surface area (Å²) in [6.07, 6.45) is 1.58. The van der Waals surface area contributed by atoms with Crippen LogP contribution in [0.1, 0.15) is 27.7 Å². The van der Waals surface area contributed by atoms with Crippen molar-refractivity contribution in [2.24, 2.45) is 0 Å². The topological polar surface area (TPSA) is 108 Å². The van der Waals surface area contributed by atoms with E-state index in [0.717, 1.165) is 12.1 Å². The van der Waals surface area contributed by atoms with Gasteiger partial charge in [-0.2, -0.15) is 0 Å². The van der Waals surface area contributed by atoms with Gasteiger partial charge in [0.1, 0.15) is 5.56 Å². The van der Waals surface area contributed by atoms with E-state index >= 15 is 0 Å². The molecule has 2 aromatic heterocycles. The van der Waals surface area contributed by atoms with Gasteiger partial charge in [0, 0.05) is 45.5 Å². The number of aromatic nitrogens is 5. The molecule has 0 aliphatic carbocycles. The van der Waals surface area contributed by atoms with Gasteiger partial charge in [0.25, 0.3) is 0 Å². The first-order chi connectivity index (χ1) is 15.5. The molecule has 1 fully saturated rings. The first-order valence-electron chi connectivity index (χ1n) is 11.0. The van der Waals surface area contributed by atoms with E-state index in [9.17, 15) is 9.59 Å². The monoisotopic (exact) mass is 465 g/mol. The van der Waals surface area contributed by atoms with E-state index in [-0.39, 0.29) is 17.8 Å². The molecule has 0 N–H and O–H groups in total. The van der Waals surface area contributed by atoms with Gasteiger partial charge in [0.15, 0.2) is 11.0 Å². The van der Waals surface area contributed by atoms with Crippen molar-refractivity contribution in [2.75, 3.05) is 45.1 Å². The standard InChI is InChI=1S/C20H31N7O4S/c1-5-26-13-15(18(23-26)30-7-3)17-21-22-19(27(17)6-2)32-14-16(28)24-9-11-25(12-10-24)20(29)31-8-4/h13H,5-12,14H2,1-4H3. The molecule has 0 saturated carbocycles. The summed E-state index contributed by atoms with van der Waals surface area (Å²) in [7, 11) is 0. The van der Waals surface area contributed by atoms with Crippen molar-refractivity contribution in [1.29, 1.82) is 0 Å². The van der Waals surface area contributed by atoms with Crippen LogP contribution in [0.4, 0.5) is 4.79 Å². The average molecular weight is 466 g/mol. The lowest BCUT2D eigenvalue weighted by molar-refractivity contribution is -0.129. The average Bonchev–Trinajstić information content (AvgIpc) is 3.41. The van der Waals surface area contributed by atoms with Crippen molar-refractivity contribution in [3.05, 3.63) is 6.20 Å². The summed E-state index contributed by atoms with van der Waals surface area (Å²) in [5, 5.41) is 13.8. The Hall–Kier alpha value is -2.76. The summed E-state index contributed by atoms with van der Waals surface area (Å²) in [5.41, 5.74) is 0.788. The highest BCUT2D eigenvalue weighted by atomic mass is 32.2. The summed E-state index contributed by atoms with van der Waals surface area (Å²) >= 11 is 1.36. The van der Waals surface area contributed by atoms with Gasteiger partial charge in [-0.25, -0.2) is 4.79 Å². The van der Waals surface area contributed by atoms with E-state index in [1.165, 1.54) is 11.8 Å².